The van der Waals surface area contributed by atoms with Crippen LogP contribution in [-0.4, -0.2) is 0 Å². The molecule has 0 aliphatic carbocycles. The Hall–Kier alpha value is -6.84. The molecule has 0 atom stereocenters. The van der Waals surface area contributed by atoms with Crippen molar-refractivity contribution in [3.8, 4) is 33.4 Å². The van der Waals surface area contributed by atoms with Crippen molar-refractivity contribution in [2.45, 2.75) is 0 Å². The predicted molar refractivity (Wildman–Crippen MR) is 256 cm³/mol. The number of hydrogen-bond donors (Lipinski definition) is 0. The highest BCUT2D eigenvalue weighted by Gasteiger charge is 2.21. The molecule has 0 saturated heterocycles. The molecule has 0 aliphatic heterocycles. The van der Waals surface area contributed by atoms with Crippen molar-refractivity contribution in [1.82, 2.24) is 0 Å². The maximum Gasteiger partial charge on any atom is 0.0448 e. The van der Waals surface area contributed by atoms with Gasteiger partial charge in [-0.2, -0.15) is 0 Å². The van der Waals surface area contributed by atoms with Crippen molar-refractivity contribution in [2.24, 2.45) is 0 Å². The number of thiophene rings is 2. The van der Waals surface area contributed by atoms with Crippen LogP contribution in [0.4, 0.5) is 0 Å². The average molecular weight is 769 g/mol. The zero-order valence-electron chi connectivity index (χ0n) is 31.3. The van der Waals surface area contributed by atoms with Crippen molar-refractivity contribution in [3.05, 3.63) is 194 Å². The number of hydrogen-bond acceptors (Lipinski definition) is 2. The van der Waals surface area contributed by atoms with Gasteiger partial charge >= 0.3 is 0 Å². The molecule has 0 radical (unpaired) electrons. The second-order valence-electron chi connectivity index (χ2n) is 15.5. The first-order chi connectivity index (χ1) is 28.8. The molecule has 0 aliphatic rings. The molecule has 2 heteroatoms. The summed E-state index contributed by atoms with van der Waals surface area (Å²) in [7, 11) is 0. The molecule has 0 saturated carbocycles. The Labute approximate surface area is 342 Å². The molecule has 58 heavy (non-hydrogen) atoms. The summed E-state index contributed by atoms with van der Waals surface area (Å²) in [6, 6.07) is 72.5. The highest BCUT2D eigenvalue weighted by Crippen LogP contribution is 2.49. The van der Waals surface area contributed by atoms with Gasteiger partial charge in [0, 0.05) is 45.7 Å². The minimum Gasteiger partial charge on any atom is -0.134 e. The van der Waals surface area contributed by atoms with Crippen LogP contribution in [0.25, 0.3) is 128 Å². The Bertz CT molecular complexity index is 3800. The van der Waals surface area contributed by atoms with Crippen LogP contribution in [-0.2, 0) is 0 Å². The van der Waals surface area contributed by atoms with Crippen molar-refractivity contribution in [3.63, 3.8) is 0 Å². The van der Waals surface area contributed by atoms with Gasteiger partial charge in [0.1, 0.15) is 0 Å². The van der Waals surface area contributed by atoms with Crippen LogP contribution in [0.1, 0.15) is 0 Å². The Morgan fingerprint density at radius 1 is 0.259 bits per heavy atom. The van der Waals surface area contributed by atoms with E-state index >= 15 is 0 Å². The molecule has 2 aromatic heterocycles. The monoisotopic (exact) mass is 768 g/mol. The van der Waals surface area contributed by atoms with E-state index in [1.807, 2.05) is 22.7 Å². The third-order valence-corrected chi connectivity index (χ3v) is 14.9. The fraction of sp³-hybridized carbons (Fsp3) is 0. The molecule has 0 fully saturated rings. The molecule has 0 unspecified atom stereocenters. The van der Waals surface area contributed by atoms with E-state index in [9.17, 15) is 0 Å². The van der Waals surface area contributed by atoms with Crippen molar-refractivity contribution < 1.29 is 0 Å². The highest BCUT2D eigenvalue weighted by atomic mass is 32.1. The first-order valence-corrected chi connectivity index (χ1v) is 21.6. The van der Waals surface area contributed by atoms with Crippen LogP contribution in [0.15, 0.2) is 194 Å². The molecule has 2 heterocycles. The summed E-state index contributed by atoms with van der Waals surface area (Å²) in [4.78, 5) is 0. The van der Waals surface area contributed by atoms with E-state index in [0.29, 0.717) is 0 Å². The lowest BCUT2D eigenvalue weighted by Gasteiger charge is -2.20. The van der Waals surface area contributed by atoms with Gasteiger partial charge in [0.2, 0.25) is 0 Å². The van der Waals surface area contributed by atoms with Gasteiger partial charge < -0.3 is 0 Å². The molecule has 0 N–H and O–H groups in total. The largest absolute Gasteiger partial charge is 0.134 e. The minimum absolute atomic E-state index is 1.25. The second kappa shape index (κ2) is 12.3. The topological polar surface area (TPSA) is 0 Å². The Morgan fingerprint density at radius 3 is 1.41 bits per heavy atom. The standard InChI is InChI=1S/C56H32S2/c1-2-14-36-33(12-1)13-11-22-41(36)53-42-18-5-7-20-44(42)54(45-21-8-6-19-43(45)53)46-30-29-37(38-15-3-4-16-39(38)46)35-26-31-51-49(32-35)48-28-25-34-24-27-47-40-17-9-10-23-50(40)57-55(47)52(34)56(48)58-51/h1-32H. The van der Waals surface area contributed by atoms with Gasteiger partial charge in [-0.3, -0.25) is 0 Å². The summed E-state index contributed by atoms with van der Waals surface area (Å²) in [5.41, 5.74) is 7.62. The van der Waals surface area contributed by atoms with E-state index in [4.69, 9.17) is 0 Å². The van der Waals surface area contributed by atoms with Crippen molar-refractivity contribution in [2.75, 3.05) is 0 Å². The highest BCUT2D eigenvalue weighted by molar-refractivity contribution is 7.29. The number of rotatable bonds is 3. The Kier molecular flexibility index (Phi) is 6.86. The zero-order chi connectivity index (χ0) is 37.9. The van der Waals surface area contributed by atoms with E-state index in [-0.39, 0.29) is 0 Å². The fourth-order valence-electron chi connectivity index (χ4n) is 9.91. The molecular weight excluding hydrogens is 737 g/mol. The van der Waals surface area contributed by atoms with E-state index in [0.717, 1.165) is 0 Å². The smallest absolute Gasteiger partial charge is 0.0448 e. The summed E-state index contributed by atoms with van der Waals surface area (Å²) >= 11 is 3.86. The van der Waals surface area contributed by atoms with Gasteiger partial charge in [-0.1, -0.05) is 176 Å². The number of fused-ring (bicyclic) bond motifs is 13. The molecular formula is C56H32S2. The van der Waals surface area contributed by atoms with Gasteiger partial charge in [0.15, 0.2) is 0 Å². The first kappa shape index (κ1) is 32.3. The number of benzene rings is 11. The third-order valence-electron chi connectivity index (χ3n) is 12.5. The molecule has 268 valence electrons. The summed E-state index contributed by atoms with van der Waals surface area (Å²) in [5.74, 6) is 0. The third kappa shape index (κ3) is 4.56. The van der Waals surface area contributed by atoms with Crippen LogP contribution in [0.2, 0.25) is 0 Å². The molecule has 0 bridgehead atoms. The maximum atomic E-state index is 2.44. The Balaban J connectivity index is 1.03. The first-order valence-electron chi connectivity index (χ1n) is 19.9. The van der Waals surface area contributed by atoms with E-state index < -0.39 is 0 Å². The summed E-state index contributed by atoms with van der Waals surface area (Å²) < 4.78 is 5.45. The van der Waals surface area contributed by atoms with Crippen LogP contribution in [0.3, 0.4) is 0 Å². The van der Waals surface area contributed by atoms with Gasteiger partial charge in [-0.25, -0.2) is 0 Å². The van der Waals surface area contributed by atoms with Crippen LogP contribution in [0, 0.1) is 0 Å². The quantitative estimate of drug-likeness (QED) is 0.157. The second-order valence-corrected chi connectivity index (χ2v) is 17.6. The summed E-state index contributed by atoms with van der Waals surface area (Å²) in [6.45, 7) is 0. The molecule has 13 rings (SSSR count). The van der Waals surface area contributed by atoms with Gasteiger partial charge in [-0.15, -0.1) is 22.7 Å². The van der Waals surface area contributed by atoms with E-state index in [1.165, 1.54) is 128 Å². The van der Waals surface area contributed by atoms with Crippen LogP contribution in [0.5, 0.6) is 0 Å². The maximum absolute atomic E-state index is 2.44. The van der Waals surface area contributed by atoms with Gasteiger partial charge in [0.05, 0.1) is 0 Å². The summed E-state index contributed by atoms with van der Waals surface area (Å²) in [5, 5.41) is 18.2. The molecule has 0 nitrogen and oxygen atoms in total. The van der Waals surface area contributed by atoms with Crippen molar-refractivity contribution in [1.29, 1.82) is 0 Å². The lowest BCUT2D eigenvalue weighted by molar-refractivity contribution is 1.67. The van der Waals surface area contributed by atoms with Crippen molar-refractivity contribution >= 4 is 117 Å². The van der Waals surface area contributed by atoms with Gasteiger partial charge in [-0.05, 0) is 100 Å². The Morgan fingerprint density at radius 2 is 0.741 bits per heavy atom. The lowest BCUT2D eigenvalue weighted by atomic mass is 9.83. The fourth-order valence-corrected chi connectivity index (χ4v) is 12.5. The molecule has 0 spiro atoms. The normalized spacial score (nSPS) is 12.1. The van der Waals surface area contributed by atoms with Crippen LogP contribution >= 0.6 is 22.7 Å². The molecule has 11 aromatic carbocycles. The van der Waals surface area contributed by atoms with Crippen LogP contribution < -0.4 is 0 Å². The lowest BCUT2D eigenvalue weighted by Crippen LogP contribution is -1.93. The van der Waals surface area contributed by atoms with E-state index in [2.05, 4.69) is 194 Å². The SMILES string of the molecule is c1ccc2c(-c3c4ccccc4c(-c4ccc(-c5ccc6sc7c(ccc8ccc9c%10ccccc%10sc9c87)c6c5)c5ccccc45)c4ccccc34)cccc2c1. The molecule has 13 aromatic rings. The molecule has 0 amide bonds. The van der Waals surface area contributed by atoms with E-state index in [1.54, 1.807) is 0 Å². The zero-order valence-corrected chi connectivity index (χ0v) is 32.9. The summed E-state index contributed by atoms with van der Waals surface area (Å²) in [6.07, 6.45) is 0. The van der Waals surface area contributed by atoms with Gasteiger partial charge in [0.25, 0.3) is 0 Å². The predicted octanol–water partition coefficient (Wildman–Crippen LogP) is 17.2. The minimum atomic E-state index is 1.25. The average Bonchev–Trinajstić information content (AvgIpc) is 3.86.